The summed E-state index contributed by atoms with van der Waals surface area (Å²) in [4.78, 5) is 0. The Morgan fingerprint density at radius 3 is 2.70 bits per heavy atom. The van der Waals surface area contributed by atoms with Gasteiger partial charge in [0, 0.05) is 12.5 Å². The summed E-state index contributed by atoms with van der Waals surface area (Å²) in [5.74, 6) is 3.24. The highest BCUT2D eigenvalue weighted by atomic mass is 127. The van der Waals surface area contributed by atoms with Gasteiger partial charge in [0.2, 0.25) is 12.5 Å². The molecule has 0 fully saturated rings. The number of pyridine rings is 1. The molecule has 140 valence electrons. The Kier molecular flexibility index (Phi) is 4.75. The molecule has 0 saturated carbocycles. The Labute approximate surface area is 174 Å². The van der Waals surface area contributed by atoms with Crippen molar-refractivity contribution in [1.29, 1.82) is 0 Å². The van der Waals surface area contributed by atoms with Gasteiger partial charge in [-0.25, -0.2) is 0 Å². The third-order valence-electron chi connectivity index (χ3n) is 5.09. The predicted octanol–water partition coefficient (Wildman–Crippen LogP) is 0.490. The molecule has 0 atom stereocenters. The first-order valence-electron chi connectivity index (χ1n) is 8.88. The normalized spacial score (nSPS) is 13.6. The summed E-state index contributed by atoms with van der Waals surface area (Å²) < 4.78 is 24.8. The van der Waals surface area contributed by atoms with Crippen molar-refractivity contribution in [2.24, 2.45) is 0 Å². The Morgan fingerprint density at radius 2 is 1.93 bits per heavy atom. The first kappa shape index (κ1) is 18.2. The highest BCUT2D eigenvalue weighted by Gasteiger charge is 2.28. The van der Waals surface area contributed by atoms with Crippen molar-refractivity contribution in [3.05, 3.63) is 42.1 Å². The minimum Gasteiger partial charge on any atom is -1.00 e. The molecule has 2 aliphatic rings. The van der Waals surface area contributed by atoms with Gasteiger partial charge < -0.3 is 42.9 Å². The summed E-state index contributed by atoms with van der Waals surface area (Å²) in [5, 5.41) is 2.20. The van der Waals surface area contributed by atoms with E-state index in [1.807, 2.05) is 13.0 Å². The number of hydrogen-bond donors (Lipinski definition) is 0. The molecule has 0 radical (unpaired) electrons. The van der Waals surface area contributed by atoms with E-state index in [1.165, 1.54) is 16.8 Å². The van der Waals surface area contributed by atoms with Crippen molar-refractivity contribution >= 4 is 10.8 Å². The second-order valence-corrected chi connectivity index (χ2v) is 6.50. The Bertz CT molecular complexity index is 1030. The van der Waals surface area contributed by atoms with Gasteiger partial charge in [-0.05, 0) is 42.1 Å². The van der Waals surface area contributed by atoms with Crippen LogP contribution in [0.5, 0.6) is 23.0 Å². The highest BCUT2D eigenvalue weighted by molar-refractivity contribution is 5.91. The molecule has 2 aliphatic heterocycles. The number of rotatable bonds is 3. The van der Waals surface area contributed by atoms with Gasteiger partial charge in [0.1, 0.15) is 0 Å². The largest absolute Gasteiger partial charge is 1.00 e. The first-order valence-corrected chi connectivity index (χ1v) is 8.88. The number of fused-ring (bicyclic) bond motifs is 5. The van der Waals surface area contributed by atoms with Crippen LogP contribution in [0.15, 0.2) is 36.5 Å². The van der Waals surface area contributed by atoms with Crippen LogP contribution < -0.4 is 47.5 Å². The molecule has 0 saturated heterocycles. The highest BCUT2D eigenvalue weighted by Crippen LogP contribution is 2.41. The molecule has 0 amide bonds. The first-order chi connectivity index (χ1) is 12.8. The number of methoxy groups -OCH3 is 1. The number of benzene rings is 2. The molecule has 0 unspecified atom stereocenters. The lowest BCUT2D eigenvalue weighted by molar-refractivity contribution is -0.686. The molecule has 3 heterocycles. The van der Waals surface area contributed by atoms with E-state index in [2.05, 4.69) is 35.0 Å². The molecule has 0 aliphatic carbocycles. The summed E-state index contributed by atoms with van der Waals surface area (Å²) in [7, 11) is 1.67. The van der Waals surface area contributed by atoms with Gasteiger partial charge in [-0.3, -0.25) is 0 Å². The Morgan fingerprint density at radius 1 is 1.11 bits per heavy atom. The second-order valence-electron chi connectivity index (χ2n) is 6.50. The molecule has 0 spiro atoms. The van der Waals surface area contributed by atoms with Crippen LogP contribution in [0.3, 0.4) is 0 Å². The molecule has 27 heavy (non-hydrogen) atoms. The van der Waals surface area contributed by atoms with Gasteiger partial charge in [0.25, 0.3) is 0 Å². The zero-order valence-corrected chi connectivity index (χ0v) is 17.4. The number of ether oxygens (including phenoxy) is 4. The van der Waals surface area contributed by atoms with Crippen LogP contribution in [-0.4, -0.2) is 20.5 Å². The molecule has 1 aromatic heterocycles. The van der Waals surface area contributed by atoms with E-state index in [0.29, 0.717) is 13.4 Å². The van der Waals surface area contributed by atoms with Crippen molar-refractivity contribution in [3.8, 4) is 34.3 Å². The van der Waals surface area contributed by atoms with Crippen LogP contribution in [0.2, 0.25) is 0 Å². The molecule has 2 aromatic carbocycles. The third-order valence-corrected chi connectivity index (χ3v) is 5.09. The molecule has 5 rings (SSSR count). The van der Waals surface area contributed by atoms with E-state index in [0.717, 1.165) is 46.7 Å². The quantitative estimate of drug-likeness (QED) is 0.407. The van der Waals surface area contributed by atoms with Gasteiger partial charge in [0.15, 0.2) is 35.7 Å². The maximum atomic E-state index is 5.89. The maximum Gasteiger partial charge on any atom is 0.231 e. The third kappa shape index (κ3) is 2.86. The second kappa shape index (κ2) is 7.07. The van der Waals surface area contributed by atoms with Crippen LogP contribution in [-0.2, 0) is 13.0 Å². The maximum absolute atomic E-state index is 5.89. The van der Waals surface area contributed by atoms with Crippen molar-refractivity contribution in [2.45, 2.75) is 19.9 Å². The lowest BCUT2D eigenvalue weighted by Gasteiger charge is -2.17. The molecule has 0 bridgehead atoms. The Balaban J connectivity index is 0.00000180. The van der Waals surface area contributed by atoms with E-state index < -0.39 is 0 Å². The number of nitrogens with zero attached hydrogens (tertiary/aromatic N) is 1. The molecule has 6 heteroatoms. The molecule has 3 aromatic rings. The van der Waals surface area contributed by atoms with Gasteiger partial charge in [0.05, 0.1) is 24.7 Å². The minimum absolute atomic E-state index is 0. The summed E-state index contributed by atoms with van der Waals surface area (Å²) in [6, 6.07) is 10.5. The van der Waals surface area contributed by atoms with Gasteiger partial charge in [-0.2, -0.15) is 4.57 Å². The molecular weight excluding hydrogens is 457 g/mol. The topological polar surface area (TPSA) is 40.8 Å². The van der Waals surface area contributed by atoms with Crippen LogP contribution in [0.1, 0.15) is 12.5 Å². The Hall–Kier alpha value is -2.22. The van der Waals surface area contributed by atoms with Crippen molar-refractivity contribution in [2.75, 3.05) is 20.5 Å². The van der Waals surface area contributed by atoms with E-state index in [9.17, 15) is 0 Å². The lowest BCUT2D eigenvalue weighted by atomic mass is 9.95. The van der Waals surface area contributed by atoms with Crippen molar-refractivity contribution in [1.82, 2.24) is 0 Å². The lowest BCUT2D eigenvalue weighted by Crippen LogP contribution is -3.00. The number of hydrogen-bond acceptors (Lipinski definition) is 4. The van der Waals surface area contributed by atoms with Crippen LogP contribution in [0.4, 0.5) is 0 Å². The minimum atomic E-state index is 0. The van der Waals surface area contributed by atoms with Crippen LogP contribution in [0, 0.1) is 0 Å². The fourth-order valence-electron chi connectivity index (χ4n) is 3.85. The van der Waals surface area contributed by atoms with E-state index >= 15 is 0 Å². The van der Waals surface area contributed by atoms with Gasteiger partial charge in [-0.1, -0.05) is 0 Å². The predicted molar refractivity (Wildman–Crippen MR) is 97.1 cm³/mol. The SMILES string of the molecule is CCOc1c(OC)ccc2cc3[n+](cc12)CCc1cc2c(cc1-3)OCO2.[I-]. The van der Waals surface area contributed by atoms with Crippen molar-refractivity contribution < 1.29 is 47.5 Å². The van der Waals surface area contributed by atoms with Crippen LogP contribution >= 0.6 is 0 Å². The molecule has 5 nitrogen and oxygen atoms in total. The fourth-order valence-corrected chi connectivity index (χ4v) is 3.85. The summed E-state index contributed by atoms with van der Waals surface area (Å²) in [6.07, 6.45) is 3.13. The standard InChI is InChI=1S/C21H20NO4.HI/c1-3-24-21-16-11-22-7-6-14-9-19-20(26-12-25-19)10-15(14)17(22)8-13(16)4-5-18(21)23-2;/h4-5,8-11H,3,6-7,12H2,1-2H3;1H/q+1;/p-1. The van der Waals surface area contributed by atoms with Crippen LogP contribution in [0.25, 0.3) is 22.0 Å². The monoisotopic (exact) mass is 477 g/mol. The number of aryl methyl sites for hydroxylation is 2. The summed E-state index contributed by atoms with van der Waals surface area (Å²) >= 11 is 0. The average molecular weight is 477 g/mol. The van der Waals surface area contributed by atoms with Gasteiger partial charge >= 0.3 is 0 Å². The van der Waals surface area contributed by atoms with E-state index in [-0.39, 0.29) is 24.0 Å². The zero-order valence-electron chi connectivity index (χ0n) is 15.3. The van der Waals surface area contributed by atoms with E-state index in [1.54, 1.807) is 7.11 Å². The average Bonchev–Trinajstić information content (AvgIpc) is 3.13. The van der Waals surface area contributed by atoms with E-state index in [4.69, 9.17) is 18.9 Å². The molecular formula is C21H20INO4. The molecule has 0 N–H and O–H groups in total. The number of halogens is 1. The smallest absolute Gasteiger partial charge is 0.231 e. The zero-order chi connectivity index (χ0) is 17.7. The van der Waals surface area contributed by atoms with Crippen molar-refractivity contribution in [3.63, 3.8) is 0 Å². The van der Waals surface area contributed by atoms with Gasteiger partial charge in [-0.15, -0.1) is 0 Å². The summed E-state index contributed by atoms with van der Waals surface area (Å²) in [6.45, 7) is 3.81. The number of aromatic nitrogens is 1. The summed E-state index contributed by atoms with van der Waals surface area (Å²) in [5.41, 5.74) is 3.69. The fraction of sp³-hybridized carbons (Fsp3) is 0.286.